The molecule has 1 saturated heterocycles. The molecule has 1 aromatic heterocycles. The summed E-state index contributed by atoms with van der Waals surface area (Å²) in [6, 6.07) is 4.66. The number of piperazine rings is 1. The van der Waals surface area contributed by atoms with Crippen molar-refractivity contribution in [2.75, 3.05) is 31.1 Å². The average Bonchev–Trinajstić information content (AvgIpc) is 2.67. The van der Waals surface area contributed by atoms with Crippen LogP contribution in [0.15, 0.2) is 42.9 Å². The van der Waals surface area contributed by atoms with E-state index in [0.717, 1.165) is 5.82 Å². The monoisotopic (exact) mass is 344 g/mol. The summed E-state index contributed by atoms with van der Waals surface area (Å²) in [5.74, 6) is -0.166. The molecule has 130 valence electrons. The number of benzene rings is 1. The quantitative estimate of drug-likeness (QED) is 0.786. The van der Waals surface area contributed by atoms with Crippen molar-refractivity contribution in [3.05, 3.63) is 54.2 Å². The van der Waals surface area contributed by atoms with Crippen molar-refractivity contribution in [3.63, 3.8) is 0 Å². The summed E-state index contributed by atoms with van der Waals surface area (Å²) in [6.07, 6.45) is 4.91. The van der Waals surface area contributed by atoms with Crippen LogP contribution >= 0.6 is 0 Å². The molecular formula is C16H17FN6O2. The molecule has 25 heavy (non-hydrogen) atoms. The fourth-order valence-electron chi connectivity index (χ4n) is 2.46. The van der Waals surface area contributed by atoms with Crippen molar-refractivity contribution in [2.45, 2.75) is 0 Å². The van der Waals surface area contributed by atoms with E-state index in [4.69, 9.17) is 0 Å². The second kappa shape index (κ2) is 7.56. The minimum atomic E-state index is -0.508. The second-order valence-electron chi connectivity index (χ2n) is 5.43. The number of amides is 3. The highest BCUT2D eigenvalue weighted by molar-refractivity contribution is 5.95. The summed E-state index contributed by atoms with van der Waals surface area (Å²) >= 11 is 0. The van der Waals surface area contributed by atoms with Gasteiger partial charge < -0.3 is 9.80 Å². The highest BCUT2D eigenvalue weighted by atomic mass is 19.1. The van der Waals surface area contributed by atoms with Crippen molar-refractivity contribution in [2.24, 2.45) is 0 Å². The van der Waals surface area contributed by atoms with Crippen LogP contribution in [0.25, 0.3) is 0 Å². The van der Waals surface area contributed by atoms with Crippen molar-refractivity contribution in [1.29, 1.82) is 0 Å². The molecule has 3 rings (SSSR count). The number of nitrogens with one attached hydrogen (secondary N) is 2. The third kappa shape index (κ3) is 4.19. The van der Waals surface area contributed by atoms with Crippen LogP contribution < -0.4 is 15.8 Å². The third-order valence-electron chi connectivity index (χ3n) is 3.83. The van der Waals surface area contributed by atoms with Gasteiger partial charge in [-0.1, -0.05) is 0 Å². The molecule has 2 aromatic rings. The van der Waals surface area contributed by atoms with Gasteiger partial charge in [0.05, 0.1) is 6.20 Å². The van der Waals surface area contributed by atoms with E-state index >= 15 is 0 Å². The third-order valence-corrected chi connectivity index (χ3v) is 3.83. The lowest BCUT2D eigenvalue weighted by Crippen LogP contribution is -2.55. The Hall–Kier alpha value is -3.23. The maximum absolute atomic E-state index is 12.8. The first kappa shape index (κ1) is 16.6. The Morgan fingerprint density at radius 3 is 2.36 bits per heavy atom. The minimum Gasteiger partial charge on any atom is -0.352 e. The van der Waals surface area contributed by atoms with E-state index in [0.29, 0.717) is 26.2 Å². The lowest BCUT2D eigenvalue weighted by molar-refractivity contribution is 0.0929. The van der Waals surface area contributed by atoms with Gasteiger partial charge in [0.25, 0.3) is 5.91 Å². The first-order valence-corrected chi connectivity index (χ1v) is 7.75. The molecule has 8 nitrogen and oxygen atoms in total. The van der Waals surface area contributed by atoms with Gasteiger partial charge >= 0.3 is 6.03 Å². The Morgan fingerprint density at radius 2 is 1.72 bits per heavy atom. The number of urea groups is 1. The Kier molecular flexibility index (Phi) is 5.03. The lowest BCUT2D eigenvalue weighted by Gasteiger charge is -2.35. The van der Waals surface area contributed by atoms with E-state index in [1.165, 1.54) is 24.3 Å². The molecule has 0 aliphatic carbocycles. The molecule has 0 saturated carbocycles. The molecule has 0 radical (unpaired) electrons. The number of aromatic nitrogens is 2. The van der Waals surface area contributed by atoms with Gasteiger partial charge in [0.15, 0.2) is 0 Å². The van der Waals surface area contributed by atoms with Crippen LogP contribution in [0.5, 0.6) is 0 Å². The van der Waals surface area contributed by atoms with Gasteiger partial charge in [-0.05, 0) is 24.3 Å². The Balaban J connectivity index is 1.46. The van der Waals surface area contributed by atoms with Crippen LogP contribution in [-0.2, 0) is 0 Å². The van der Waals surface area contributed by atoms with E-state index in [-0.39, 0.29) is 5.56 Å². The van der Waals surface area contributed by atoms with Crippen LogP contribution in [0.4, 0.5) is 15.0 Å². The Bertz CT molecular complexity index is 732. The van der Waals surface area contributed by atoms with Crippen LogP contribution in [0.2, 0.25) is 0 Å². The zero-order valence-electron chi connectivity index (χ0n) is 13.4. The van der Waals surface area contributed by atoms with Gasteiger partial charge in [-0.3, -0.25) is 15.2 Å². The number of carbonyl (C=O) groups excluding carboxylic acids is 2. The molecule has 0 unspecified atom stereocenters. The van der Waals surface area contributed by atoms with Crippen LogP contribution in [0.1, 0.15) is 10.4 Å². The van der Waals surface area contributed by atoms with Crippen molar-refractivity contribution in [3.8, 4) is 0 Å². The van der Waals surface area contributed by atoms with Gasteiger partial charge in [-0.15, -0.1) is 0 Å². The SMILES string of the molecule is O=C(NNC(=O)N1CCN(c2cnccn2)CC1)c1ccc(F)cc1. The molecule has 0 bridgehead atoms. The summed E-state index contributed by atoms with van der Waals surface area (Å²) in [7, 11) is 0. The molecule has 2 heterocycles. The van der Waals surface area contributed by atoms with Crippen molar-refractivity contribution >= 4 is 17.8 Å². The highest BCUT2D eigenvalue weighted by Gasteiger charge is 2.22. The molecule has 1 aromatic carbocycles. The molecule has 0 atom stereocenters. The van der Waals surface area contributed by atoms with E-state index in [2.05, 4.69) is 20.8 Å². The van der Waals surface area contributed by atoms with Crippen LogP contribution in [0, 0.1) is 5.82 Å². The number of rotatable bonds is 2. The molecule has 3 amide bonds. The summed E-state index contributed by atoms with van der Waals surface area (Å²) < 4.78 is 12.8. The maximum atomic E-state index is 12.8. The van der Waals surface area contributed by atoms with E-state index in [1.54, 1.807) is 23.5 Å². The maximum Gasteiger partial charge on any atom is 0.336 e. The zero-order chi connectivity index (χ0) is 17.6. The Labute approximate surface area is 143 Å². The summed E-state index contributed by atoms with van der Waals surface area (Å²) in [5.41, 5.74) is 4.95. The second-order valence-corrected chi connectivity index (χ2v) is 5.43. The highest BCUT2D eigenvalue weighted by Crippen LogP contribution is 2.11. The molecular weight excluding hydrogens is 327 g/mol. The summed E-state index contributed by atoms with van der Waals surface area (Å²) in [4.78, 5) is 35.9. The molecule has 1 aliphatic rings. The smallest absolute Gasteiger partial charge is 0.336 e. The fraction of sp³-hybridized carbons (Fsp3) is 0.250. The van der Waals surface area contributed by atoms with Crippen molar-refractivity contribution < 1.29 is 14.0 Å². The predicted octanol–water partition coefficient (Wildman–Crippen LogP) is 0.792. The Morgan fingerprint density at radius 1 is 1.00 bits per heavy atom. The van der Waals surface area contributed by atoms with Gasteiger partial charge in [0.2, 0.25) is 0 Å². The van der Waals surface area contributed by atoms with E-state index in [1.807, 2.05) is 4.90 Å². The standard InChI is InChI=1S/C16H17FN6O2/c17-13-3-1-12(2-4-13)15(24)20-21-16(25)23-9-7-22(8-10-23)14-11-18-5-6-19-14/h1-6,11H,7-10H2,(H,20,24)(H,21,25). The van der Waals surface area contributed by atoms with Gasteiger partial charge in [-0.25, -0.2) is 19.6 Å². The number of nitrogens with zero attached hydrogens (tertiary/aromatic N) is 4. The van der Waals surface area contributed by atoms with Crippen molar-refractivity contribution in [1.82, 2.24) is 25.7 Å². The minimum absolute atomic E-state index is 0.258. The first-order chi connectivity index (χ1) is 12.1. The number of carbonyl (C=O) groups is 2. The summed E-state index contributed by atoms with van der Waals surface area (Å²) in [5, 5.41) is 0. The number of hydrazine groups is 1. The molecule has 0 spiro atoms. The topological polar surface area (TPSA) is 90.5 Å². The predicted molar refractivity (Wildman–Crippen MR) is 88.2 cm³/mol. The zero-order valence-corrected chi connectivity index (χ0v) is 13.4. The summed E-state index contributed by atoms with van der Waals surface area (Å²) in [6.45, 7) is 2.24. The lowest BCUT2D eigenvalue weighted by atomic mass is 10.2. The first-order valence-electron chi connectivity index (χ1n) is 7.75. The van der Waals surface area contributed by atoms with Crippen LogP contribution in [-0.4, -0.2) is 53.0 Å². The number of hydrogen-bond donors (Lipinski definition) is 2. The van der Waals surface area contributed by atoms with Gasteiger partial charge in [0, 0.05) is 44.1 Å². The number of halogens is 1. The molecule has 1 aliphatic heterocycles. The average molecular weight is 344 g/mol. The normalized spacial score (nSPS) is 14.1. The number of hydrogen-bond acceptors (Lipinski definition) is 5. The van der Waals surface area contributed by atoms with Gasteiger partial charge in [0.1, 0.15) is 11.6 Å². The van der Waals surface area contributed by atoms with Gasteiger partial charge in [-0.2, -0.15) is 0 Å². The molecule has 9 heteroatoms. The number of anilines is 1. The van der Waals surface area contributed by atoms with E-state index in [9.17, 15) is 14.0 Å². The largest absolute Gasteiger partial charge is 0.352 e. The molecule has 2 N–H and O–H groups in total. The fourth-order valence-corrected chi connectivity index (χ4v) is 2.46. The molecule has 1 fully saturated rings. The van der Waals surface area contributed by atoms with E-state index < -0.39 is 17.8 Å². The van der Waals surface area contributed by atoms with Crippen LogP contribution in [0.3, 0.4) is 0 Å².